The Morgan fingerprint density at radius 1 is 0.435 bits per heavy atom. The zero-order valence-electron chi connectivity index (χ0n) is 16.1. The van der Waals surface area contributed by atoms with Crippen molar-refractivity contribution in [2.24, 2.45) is 0 Å². The maximum Gasteiger partial charge on any atom is 0.0386 e. The summed E-state index contributed by atoms with van der Waals surface area (Å²) < 4.78 is 0.0962. The summed E-state index contributed by atoms with van der Waals surface area (Å²) in [6, 6.07) is 0. The zero-order chi connectivity index (χ0) is 19.5. The fourth-order valence-corrected chi connectivity index (χ4v) is 7.96. The Morgan fingerprint density at radius 3 is 0.913 bits per heavy atom. The van der Waals surface area contributed by atoms with Gasteiger partial charge in [-0.3, -0.25) is 0 Å². The zero-order valence-corrected chi connectivity index (χ0v) is 26.2. The van der Waals surface area contributed by atoms with Crippen LogP contribution in [0.5, 0.6) is 0 Å². The standard InChI is InChI=1S/C16H37I2P5/c1-10(2,19)12(5,17)15(8,22)16(9,23)13(6,18)14(7,21)11(3,4)20/h19-23H2,1-9H3. The van der Waals surface area contributed by atoms with Gasteiger partial charge in [-0.15, -0.1) is 46.2 Å². The van der Waals surface area contributed by atoms with Crippen molar-refractivity contribution in [1.82, 2.24) is 0 Å². The molecule has 10 atom stereocenters. The van der Waals surface area contributed by atoms with Crippen LogP contribution < -0.4 is 0 Å². The Labute approximate surface area is 184 Å². The fourth-order valence-electron chi connectivity index (χ4n) is 2.79. The molecule has 0 aliphatic heterocycles. The lowest BCUT2D eigenvalue weighted by Crippen LogP contribution is -2.71. The topological polar surface area (TPSA) is 0 Å². The van der Waals surface area contributed by atoms with Crippen molar-refractivity contribution < 1.29 is 0 Å². The van der Waals surface area contributed by atoms with Gasteiger partial charge in [0.2, 0.25) is 0 Å². The average Bonchev–Trinajstić information content (AvgIpc) is 2.24. The molecule has 0 aromatic carbocycles. The second-order valence-electron chi connectivity index (χ2n) is 9.06. The van der Waals surface area contributed by atoms with Gasteiger partial charge >= 0.3 is 0 Å². The van der Waals surface area contributed by atoms with Crippen LogP contribution in [-0.4, -0.2) is 32.6 Å². The van der Waals surface area contributed by atoms with E-state index >= 15 is 0 Å². The van der Waals surface area contributed by atoms with Crippen LogP contribution in [0.15, 0.2) is 0 Å². The molecule has 0 radical (unpaired) electrons. The first-order valence-electron chi connectivity index (χ1n) is 7.82. The Balaban J connectivity index is 6.37. The van der Waals surface area contributed by atoms with Crippen molar-refractivity contribution in [3.63, 3.8) is 0 Å². The molecule has 0 N–H and O–H groups in total. The Morgan fingerprint density at radius 2 is 0.696 bits per heavy atom. The van der Waals surface area contributed by atoms with Gasteiger partial charge in [-0.05, 0) is 24.2 Å². The monoisotopic (exact) mass is 638 g/mol. The highest BCUT2D eigenvalue weighted by Crippen LogP contribution is 2.66. The predicted octanol–water partition coefficient (Wildman–Crippen LogP) is 6.58. The van der Waals surface area contributed by atoms with Gasteiger partial charge in [0.05, 0.1) is 0 Å². The van der Waals surface area contributed by atoms with Gasteiger partial charge in [0.25, 0.3) is 0 Å². The van der Waals surface area contributed by atoms with E-state index in [1.54, 1.807) is 0 Å². The van der Waals surface area contributed by atoms with E-state index in [-0.39, 0.29) is 32.6 Å². The molecule has 0 amide bonds. The van der Waals surface area contributed by atoms with E-state index in [9.17, 15) is 0 Å². The summed E-state index contributed by atoms with van der Waals surface area (Å²) in [6.45, 7) is 21.2. The van der Waals surface area contributed by atoms with Crippen LogP contribution >= 0.6 is 91.4 Å². The van der Waals surface area contributed by atoms with E-state index in [1.807, 2.05) is 0 Å². The van der Waals surface area contributed by atoms with Crippen LogP contribution in [0.25, 0.3) is 0 Å². The lowest BCUT2D eigenvalue weighted by atomic mass is 9.66. The minimum absolute atomic E-state index is 0.000162. The molecule has 0 fully saturated rings. The number of hydrogen-bond acceptors (Lipinski definition) is 0. The average molecular weight is 638 g/mol. The summed E-state index contributed by atoms with van der Waals surface area (Å²) in [5.74, 6) is 0. The molecule has 10 unspecified atom stereocenters. The van der Waals surface area contributed by atoms with Crippen molar-refractivity contribution in [2.75, 3.05) is 0 Å². The van der Waals surface area contributed by atoms with E-state index < -0.39 is 0 Å². The SMILES string of the molecule is CC(C)(P)C(C)(P)C(C)(I)C(C)(P)C(C)(P)C(C)(I)C(C)(C)P. The van der Waals surface area contributed by atoms with Crippen LogP contribution in [0.4, 0.5) is 0 Å². The van der Waals surface area contributed by atoms with Crippen molar-refractivity contribution in [3.05, 3.63) is 0 Å². The highest BCUT2D eigenvalue weighted by atomic mass is 127. The molecule has 0 rings (SSSR count). The van der Waals surface area contributed by atoms with E-state index in [0.717, 1.165) is 0 Å². The van der Waals surface area contributed by atoms with Gasteiger partial charge in [0.1, 0.15) is 0 Å². The summed E-state index contributed by atoms with van der Waals surface area (Å²) in [4.78, 5) is 0. The van der Waals surface area contributed by atoms with Gasteiger partial charge in [-0.25, -0.2) is 0 Å². The minimum Gasteiger partial charge on any atom is -0.131 e. The number of halogens is 2. The molecule has 0 spiro atoms. The molecule has 0 bridgehead atoms. The molecule has 0 aliphatic carbocycles. The Bertz CT molecular complexity index is 400. The van der Waals surface area contributed by atoms with Crippen molar-refractivity contribution >= 4 is 91.4 Å². The lowest BCUT2D eigenvalue weighted by Gasteiger charge is -2.65. The van der Waals surface area contributed by atoms with Crippen LogP contribution in [0.2, 0.25) is 0 Å². The van der Waals surface area contributed by atoms with E-state index in [4.69, 9.17) is 0 Å². The molecule has 0 saturated heterocycles. The van der Waals surface area contributed by atoms with Crippen molar-refractivity contribution in [1.29, 1.82) is 0 Å². The van der Waals surface area contributed by atoms with Crippen molar-refractivity contribution in [3.8, 4) is 0 Å². The first kappa shape index (κ1) is 26.6. The van der Waals surface area contributed by atoms with Crippen LogP contribution in [-0.2, 0) is 0 Å². The summed E-state index contributed by atoms with van der Waals surface area (Å²) in [6.07, 6.45) is 0. The van der Waals surface area contributed by atoms with E-state index in [2.05, 4.69) is 154 Å². The van der Waals surface area contributed by atoms with Gasteiger partial charge in [-0.2, -0.15) is 0 Å². The molecule has 7 heteroatoms. The van der Waals surface area contributed by atoms with Crippen LogP contribution in [0.1, 0.15) is 62.3 Å². The second kappa shape index (κ2) is 7.46. The fraction of sp³-hybridized carbons (Fsp3) is 1.00. The molecule has 0 aromatic rings. The third kappa shape index (κ3) is 4.30. The predicted molar refractivity (Wildman–Crippen MR) is 147 cm³/mol. The molecule has 0 saturated carbocycles. The summed E-state index contributed by atoms with van der Waals surface area (Å²) in [5, 5.41) is 0.240. The summed E-state index contributed by atoms with van der Waals surface area (Å²) in [7, 11) is 15.7. The summed E-state index contributed by atoms with van der Waals surface area (Å²) in [5.41, 5.74) is 0. The number of alkyl halides is 2. The first-order chi connectivity index (χ1) is 9.50. The van der Waals surface area contributed by atoms with Gasteiger partial charge in [0.15, 0.2) is 0 Å². The maximum atomic E-state index is 3.23. The quantitative estimate of drug-likeness (QED) is 0.175. The van der Waals surface area contributed by atoms with Gasteiger partial charge < -0.3 is 0 Å². The molecular formula is C16H37I2P5. The van der Waals surface area contributed by atoms with Crippen molar-refractivity contribution in [2.45, 2.75) is 94.9 Å². The largest absolute Gasteiger partial charge is 0.131 e. The smallest absolute Gasteiger partial charge is 0.0386 e. The minimum atomic E-state index is -0.0145. The summed E-state index contributed by atoms with van der Waals surface area (Å²) >= 11 is 5.37. The molecule has 0 nitrogen and oxygen atoms in total. The first-order valence-corrected chi connectivity index (χ1v) is 12.9. The third-order valence-electron chi connectivity index (χ3n) is 6.55. The van der Waals surface area contributed by atoms with E-state index in [1.165, 1.54) is 0 Å². The number of hydrogen-bond donors (Lipinski definition) is 0. The normalized spacial score (nSPS) is 27.1. The highest BCUT2D eigenvalue weighted by molar-refractivity contribution is 14.1. The maximum absolute atomic E-state index is 3.23. The second-order valence-corrected chi connectivity index (χ2v) is 19.7. The van der Waals surface area contributed by atoms with E-state index in [0.29, 0.717) is 0 Å². The van der Waals surface area contributed by atoms with Gasteiger partial charge in [-0.1, -0.05) is 93.6 Å². The van der Waals surface area contributed by atoms with Crippen LogP contribution in [0.3, 0.4) is 0 Å². The third-order valence-corrected chi connectivity index (χ3v) is 19.2. The Hall–Kier alpha value is 3.61. The molecular weight excluding hydrogens is 601 g/mol. The lowest BCUT2D eigenvalue weighted by molar-refractivity contribution is 0.268. The molecule has 0 aromatic heterocycles. The molecule has 140 valence electrons. The molecule has 0 heterocycles. The molecule has 23 heavy (non-hydrogen) atoms. The Kier molecular flexibility index (Phi) is 8.63. The van der Waals surface area contributed by atoms with Gasteiger partial charge in [0, 0.05) is 22.3 Å². The van der Waals surface area contributed by atoms with Crippen LogP contribution in [0, 0.1) is 0 Å². The highest BCUT2D eigenvalue weighted by Gasteiger charge is 2.65. The molecule has 0 aliphatic rings. The number of rotatable bonds is 6.